The third-order valence-electron chi connectivity index (χ3n) is 5.95. The van der Waals surface area contributed by atoms with Gasteiger partial charge < -0.3 is 9.64 Å². The Morgan fingerprint density at radius 2 is 1.78 bits per heavy atom. The second-order valence-corrected chi connectivity index (χ2v) is 8.68. The van der Waals surface area contributed by atoms with Crippen molar-refractivity contribution in [1.29, 1.82) is 0 Å². The first kappa shape index (κ1) is 22.0. The molecule has 3 aromatic rings. The molecule has 1 aromatic heterocycles. The third-order valence-corrected chi connectivity index (χ3v) is 5.95. The van der Waals surface area contributed by atoms with E-state index in [2.05, 4.69) is 63.3 Å². The summed E-state index contributed by atoms with van der Waals surface area (Å²) in [6.45, 7) is 6.60. The van der Waals surface area contributed by atoms with Crippen molar-refractivity contribution in [3.05, 3.63) is 84.1 Å². The number of benzene rings is 2. The first-order valence-electron chi connectivity index (χ1n) is 11.3. The van der Waals surface area contributed by atoms with Crippen LogP contribution in [0.1, 0.15) is 36.2 Å². The molecule has 5 heteroatoms. The summed E-state index contributed by atoms with van der Waals surface area (Å²) in [6, 6.07) is 23.2. The molecule has 1 aliphatic heterocycles. The van der Waals surface area contributed by atoms with Gasteiger partial charge in [0.2, 0.25) is 0 Å². The van der Waals surface area contributed by atoms with Gasteiger partial charge in [-0.3, -0.25) is 4.90 Å². The molecule has 0 aliphatic carbocycles. The topological polar surface area (TPSA) is 45.7 Å². The van der Waals surface area contributed by atoms with Gasteiger partial charge in [0.25, 0.3) is 0 Å². The van der Waals surface area contributed by atoms with E-state index in [-0.39, 0.29) is 12.1 Å². The Labute approximate surface area is 190 Å². The summed E-state index contributed by atoms with van der Waals surface area (Å²) in [5, 5.41) is 0. The second kappa shape index (κ2) is 9.96. The Balaban J connectivity index is 1.39. The Kier molecular flexibility index (Phi) is 6.86. The molecule has 1 saturated heterocycles. The van der Waals surface area contributed by atoms with Crippen molar-refractivity contribution >= 4 is 11.8 Å². The molecular formula is C27H31N3O2. The number of hydrogen-bond donors (Lipinski definition) is 0. The van der Waals surface area contributed by atoms with E-state index in [4.69, 9.17) is 4.74 Å². The maximum absolute atomic E-state index is 12.5. The quantitative estimate of drug-likeness (QED) is 0.493. The fraction of sp³-hybridized carbons (Fsp3) is 0.333. The van der Waals surface area contributed by atoms with Gasteiger partial charge in [0.15, 0.2) is 0 Å². The third kappa shape index (κ3) is 5.17. The second-order valence-electron chi connectivity index (χ2n) is 8.68. The van der Waals surface area contributed by atoms with E-state index in [0.29, 0.717) is 17.4 Å². The van der Waals surface area contributed by atoms with E-state index >= 15 is 0 Å². The number of esters is 1. The molecule has 1 aliphatic rings. The zero-order valence-electron chi connectivity index (χ0n) is 19.1. The minimum Gasteiger partial charge on any atom is -0.459 e. The van der Waals surface area contributed by atoms with Crippen molar-refractivity contribution in [2.75, 3.05) is 25.0 Å². The Morgan fingerprint density at radius 1 is 1.06 bits per heavy atom. The van der Waals surface area contributed by atoms with E-state index < -0.39 is 0 Å². The summed E-state index contributed by atoms with van der Waals surface area (Å²) < 4.78 is 5.42. The van der Waals surface area contributed by atoms with Crippen molar-refractivity contribution in [2.24, 2.45) is 0 Å². The van der Waals surface area contributed by atoms with Crippen LogP contribution < -0.4 is 4.90 Å². The summed E-state index contributed by atoms with van der Waals surface area (Å²) in [4.78, 5) is 21.6. The summed E-state index contributed by atoms with van der Waals surface area (Å²) in [6.07, 6.45) is 2.61. The standard InChI is InChI=1S/C27H31N3O2/c1-20(2)32-27(31)25-10-7-16-28-26(25)29(3)24-15-17-30(19-24)18-21-11-13-23(14-12-21)22-8-5-4-6-9-22/h4-14,16,20,24H,15,17-19H2,1-3H3. The van der Waals surface area contributed by atoms with Gasteiger partial charge >= 0.3 is 5.97 Å². The number of nitrogens with zero attached hydrogens (tertiary/aromatic N) is 3. The van der Waals surface area contributed by atoms with Crippen LogP contribution in [0.5, 0.6) is 0 Å². The van der Waals surface area contributed by atoms with Crippen molar-refractivity contribution in [3.8, 4) is 11.1 Å². The predicted octanol–water partition coefficient (Wildman–Crippen LogP) is 5.02. The van der Waals surface area contributed by atoms with Crippen LogP contribution in [-0.2, 0) is 11.3 Å². The lowest BCUT2D eigenvalue weighted by atomic mass is 10.0. The molecule has 4 rings (SSSR count). The van der Waals surface area contributed by atoms with Crippen molar-refractivity contribution in [3.63, 3.8) is 0 Å². The molecule has 5 nitrogen and oxygen atoms in total. The van der Waals surface area contributed by atoms with Crippen LogP contribution in [0, 0.1) is 0 Å². The molecular weight excluding hydrogens is 398 g/mol. The minimum absolute atomic E-state index is 0.156. The van der Waals surface area contributed by atoms with Crippen LogP contribution in [0.4, 0.5) is 5.82 Å². The average Bonchev–Trinajstić information content (AvgIpc) is 3.27. The van der Waals surface area contributed by atoms with Gasteiger partial charge in [0.1, 0.15) is 11.4 Å². The van der Waals surface area contributed by atoms with Crippen LogP contribution in [0.2, 0.25) is 0 Å². The number of anilines is 1. The molecule has 0 bridgehead atoms. The summed E-state index contributed by atoms with van der Waals surface area (Å²) >= 11 is 0. The molecule has 1 fully saturated rings. The lowest BCUT2D eigenvalue weighted by molar-refractivity contribution is 0.0378. The molecule has 0 saturated carbocycles. The normalized spacial score (nSPS) is 16.3. The number of carbonyl (C=O) groups is 1. The molecule has 0 spiro atoms. The van der Waals surface area contributed by atoms with Crippen LogP contribution in [0.15, 0.2) is 72.9 Å². The molecule has 0 N–H and O–H groups in total. The zero-order valence-corrected chi connectivity index (χ0v) is 19.1. The number of aromatic nitrogens is 1. The van der Waals surface area contributed by atoms with Crippen LogP contribution in [-0.4, -0.2) is 48.1 Å². The summed E-state index contributed by atoms with van der Waals surface area (Å²) in [5.74, 6) is 0.375. The zero-order chi connectivity index (χ0) is 22.5. The lowest BCUT2D eigenvalue weighted by Crippen LogP contribution is -2.36. The van der Waals surface area contributed by atoms with Gasteiger partial charge in [-0.15, -0.1) is 0 Å². The Morgan fingerprint density at radius 3 is 2.50 bits per heavy atom. The maximum Gasteiger partial charge on any atom is 0.342 e. The highest BCUT2D eigenvalue weighted by Crippen LogP contribution is 2.25. The van der Waals surface area contributed by atoms with Gasteiger partial charge in [0, 0.05) is 38.9 Å². The van der Waals surface area contributed by atoms with Gasteiger partial charge in [0.05, 0.1) is 6.10 Å². The van der Waals surface area contributed by atoms with Crippen molar-refractivity contribution in [1.82, 2.24) is 9.88 Å². The van der Waals surface area contributed by atoms with E-state index in [9.17, 15) is 4.79 Å². The number of likely N-dealkylation sites (N-methyl/N-ethyl adjacent to an activating group) is 1. The van der Waals surface area contributed by atoms with Crippen LogP contribution in [0.25, 0.3) is 11.1 Å². The van der Waals surface area contributed by atoms with E-state index in [1.165, 1.54) is 16.7 Å². The van der Waals surface area contributed by atoms with E-state index in [1.807, 2.05) is 27.0 Å². The highest BCUT2D eigenvalue weighted by Gasteiger charge is 2.29. The SMILES string of the molecule is CC(C)OC(=O)c1cccnc1N(C)C1CCN(Cc2ccc(-c3ccccc3)cc2)C1. The molecule has 2 aromatic carbocycles. The van der Waals surface area contributed by atoms with Gasteiger partial charge in [-0.25, -0.2) is 9.78 Å². The van der Waals surface area contributed by atoms with Gasteiger partial charge in [-0.2, -0.15) is 0 Å². The number of likely N-dealkylation sites (tertiary alicyclic amines) is 1. The van der Waals surface area contributed by atoms with E-state index in [1.54, 1.807) is 18.3 Å². The summed E-state index contributed by atoms with van der Waals surface area (Å²) in [7, 11) is 2.03. The summed E-state index contributed by atoms with van der Waals surface area (Å²) in [5.41, 5.74) is 4.32. The van der Waals surface area contributed by atoms with Crippen LogP contribution in [0.3, 0.4) is 0 Å². The van der Waals surface area contributed by atoms with Gasteiger partial charge in [-0.1, -0.05) is 54.6 Å². The molecule has 2 heterocycles. The van der Waals surface area contributed by atoms with Crippen LogP contribution >= 0.6 is 0 Å². The monoisotopic (exact) mass is 429 g/mol. The molecule has 0 radical (unpaired) electrons. The van der Waals surface area contributed by atoms with Crippen molar-refractivity contribution in [2.45, 2.75) is 39.0 Å². The number of hydrogen-bond acceptors (Lipinski definition) is 5. The van der Waals surface area contributed by atoms with E-state index in [0.717, 1.165) is 26.1 Å². The highest BCUT2D eigenvalue weighted by molar-refractivity contribution is 5.94. The fourth-order valence-corrected chi connectivity index (χ4v) is 4.25. The predicted molar refractivity (Wildman–Crippen MR) is 129 cm³/mol. The number of carbonyl (C=O) groups excluding carboxylic acids is 1. The minimum atomic E-state index is -0.316. The number of pyridine rings is 1. The Bertz CT molecular complexity index is 1030. The fourth-order valence-electron chi connectivity index (χ4n) is 4.25. The van der Waals surface area contributed by atoms with Crippen molar-refractivity contribution < 1.29 is 9.53 Å². The first-order chi connectivity index (χ1) is 15.5. The molecule has 1 atom stereocenters. The average molecular weight is 430 g/mol. The molecule has 166 valence electrons. The molecule has 32 heavy (non-hydrogen) atoms. The number of ether oxygens (including phenoxy) is 1. The highest BCUT2D eigenvalue weighted by atomic mass is 16.5. The molecule has 0 amide bonds. The molecule has 1 unspecified atom stereocenters. The lowest BCUT2D eigenvalue weighted by Gasteiger charge is -2.27. The largest absolute Gasteiger partial charge is 0.459 e. The maximum atomic E-state index is 12.5. The number of rotatable bonds is 7. The Hall–Kier alpha value is -3.18. The smallest absolute Gasteiger partial charge is 0.342 e. The van der Waals surface area contributed by atoms with Gasteiger partial charge in [-0.05, 0) is 49.1 Å². The first-order valence-corrected chi connectivity index (χ1v) is 11.3.